The number of carbonyl (C=O) groups excluding carboxylic acids is 1. The molecule has 0 radical (unpaired) electrons. The topological polar surface area (TPSA) is 71.3 Å². The van der Waals surface area contributed by atoms with E-state index in [4.69, 9.17) is 0 Å². The molecule has 2 bridgehead atoms. The van der Waals surface area contributed by atoms with Crippen LogP contribution in [0.4, 0.5) is 13.2 Å². The molecule has 2 aliphatic rings. The Morgan fingerprint density at radius 3 is 2.71 bits per heavy atom. The average molecular weight is 344 g/mol. The fourth-order valence-electron chi connectivity index (χ4n) is 4.16. The zero-order valence-corrected chi connectivity index (χ0v) is 12.9. The summed E-state index contributed by atoms with van der Waals surface area (Å²) >= 11 is 0. The summed E-state index contributed by atoms with van der Waals surface area (Å²) in [5.41, 5.74) is -2.52. The zero-order chi connectivity index (χ0) is 17.5. The number of amides is 1. The fourth-order valence-corrected chi connectivity index (χ4v) is 4.16. The van der Waals surface area contributed by atoms with Crippen LogP contribution >= 0.6 is 0 Å². The van der Waals surface area contributed by atoms with Crippen molar-refractivity contribution in [1.82, 2.24) is 9.88 Å². The molecular formula is C16H19F3N2O3. The molecule has 0 aliphatic heterocycles. The third-order valence-electron chi connectivity index (χ3n) is 5.27. The van der Waals surface area contributed by atoms with Gasteiger partial charge in [-0.3, -0.25) is 9.59 Å². The van der Waals surface area contributed by atoms with Gasteiger partial charge in [-0.05, 0) is 43.2 Å². The zero-order valence-electron chi connectivity index (χ0n) is 12.9. The number of nitrogens with zero attached hydrogens (tertiary/aromatic N) is 1. The quantitative estimate of drug-likeness (QED) is 0.867. The lowest BCUT2D eigenvalue weighted by molar-refractivity contribution is -0.139. The number of alkyl halides is 3. The second-order valence-electron chi connectivity index (χ2n) is 6.63. The number of nitrogens with one attached hydrogen (secondary N) is 1. The first kappa shape index (κ1) is 17.0. The molecule has 2 fully saturated rings. The van der Waals surface area contributed by atoms with Gasteiger partial charge in [0.25, 0.3) is 5.56 Å². The lowest BCUT2D eigenvalue weighted by Gasteiger charge is -2.30. The lowest BCUT2D eigenvalue weighted by atomic mass is 9.85. The van der Waals surface area contributed by atoms with Crippen molar-refractivity contribution >= 4 is 5.91 Å². The van der Waals surface area contributed by atoms with Gasteiger partial charge in [0.1, 0.15) is 12.1 Å². The summed E-state index contributed by atoms with van der Waals surface area (Å²) in [6.07, 6.45) is -0.602. The van der Waals surface area contributed by atoms with Crippen molar-refractivity contribution in [3.05, 3.63) is 34.2 Å². The van der Waals surface area contributed by atoms with Crippen molar-refractivity contribution in [3.63, 3.8) is 0 Å². The minimum absolute atomic E-state index is 0.00840. The van der Waals surface area contributed by atoms with Crippen LogP contribution in [0.5, 0.6) is 0 Å². The summed E-state index contributed by atoms with van der Waals surface area (Å²) in [4.78, 5) is 24.0. The van der Waals surface area contributed by atoms with E-state index in [-0.39, 0.29) is 18.6 Å². The number of aliphatic hydroxyl groups excluding tert-OH is 1. The summed E-state index contributed by atoms with van der Waals surface area (Å²) in [5.74, 6) is 0.175. The fraction of sp³-hybridized carbons (Fsp3) is 0.625. The SMILES string of the molecule is O=C(Cn1cccc(C(F)(F)F)c1=O)NC1C2CCC(C2)C1CO. The van der Waals surface area contributed by atoms with Gasteiger partial charge in [-0.1, -0.05) is 0 Å². The van der Waals surface area contributed by atoms with Crippen molar-refractivity contribution in [3.8, 4) is 0 Å². The van der Waals surface area contributed by atoms with Gasteiger partial charge in [0.15, 0.2) is 0 Å². The summed E-state index contributed by atoms with van der Waals surface area (Å²) in [6.45, 7) is -0.482. The highest BCUT2D eigenvalue weighted by Crippen LogP contribution is 2.48. The van der Waals surface area contributed by atoms with Crippen LogP contribution in [0.2, 0.25) is 0 Å². The molecule has 3 rings (SSSR count). The normalized spacial score (nSPS) is 29.0. The van der Waals surface area contributed by atoms with Crippen LogP contribution in [-0.4, -0.2) is 28.2 Å². The van der Waals surface area contributed by atoms with Gasteiger partial charge in [0.2, 0.25) is 5.91 Å². The molecule has 1 aromatic heterocycles. The maximum absolute atomic E-state index is 12.8. The molecule has 1 amide bonds. The van der Waals surface area contributed by atoms with Crippen LogP contribution in [0, 0.1) is 17.8 Å². The lowest BCUT2D eigenvalue weighted by Crippen LogP contribution is -2.47. The number of hydrogen-bond donors (Lipinski definition) is 2. The molecule has 2 saturated carbocycles. The first-order valence-corrected chi connectivity index (χ1v) is 7.98. The highest BCUT2D eigenvalue weighted by Gasteiger charge is 2.47. The maximum atomic E-state index is 12.8. The number of pyridine rings is 1. The molecule has 24 heavy (non-hydrogen) atoms. The third-order valence-corrected chi connectivity index (χ3v) is 5.27. The Labute approximate surface area is 136 Å². The van der Waals surface area contributed by atoms with Crippen molar-refractivity contribution in [2.24, 2.45) is 17.8 Å². The maximum Gasteiger partial charge on any atom is 0.421 e. The summed E-state index contributed by atoms with van der Waals surface area (Å²) in [6, 6.07) is 1.64. The predicted octanol–water partition coefficient (Wildman–Crippen LogP) is 1.39. The van der Waals surface area contributed by atoms with Crippen molar-refractivity contribution in [2.75, 3.05) is 6.61 Å². The van der Waals surface area contributed by atoms with E-state index >= 15 is 0 Å². The molecule has 2 aliphatic carbocycles. The number of hydrogen-bond acceptors (Lipinski definition) is 3. The van der Waals surface area contributed by atoms with E-state index < -0.39 is 29.8 Å². The third kappa shape index (κ3) is 3.07. The van der Waals surface area contributed by atoms with E-state index in [1.54, 1.807) is 0 Å². The van der Waals surface area contributed by atoms with Gasteiger partial charge in [-0.2, -0.15) is 13.2 Å². The Bertz CT molecular complexity index is 686. The number of carbonyl (C=O) groups is 1. The van der Waals surface area contributed by atoms with E-state index in [1.165, 1.54) is 6.20 Å². The molecular weight excluding hydrogens is 325 g/mol. The largest absolute Gasteiger partial charge is 0.421 e. The van der Waals surface area contributed by atoms with Gasteiger partial charge in [-0.25, -0.2) is 0 Å². The second-order valence-corrected chi connectivity index (χ2v) is 6.63. The number of halogens is 3. The Balaban J connectivity index is 1.71. The van der Waals surface area contributed by atoms with Crippen molar-refractivity contribution in [2.45, 2.75) is 38.0 Å². The second kappa shape index (κ2) is 6.23. The molecule has 5 nitrogen and oxygen atoms in total. The minimum atomic E-state index is -4.75. The van der Waals surface area contributed by atoms with Crippen LogP contribution < -0.4 is 10.9 Å². The highest BCUT2D eigenvalue weighted by atomic mass is 19.4. The van der Waals surface area contributed by atoms with Crippen molar-refractivity contribution in [1.29, 1.82) is 0 Å². The smallest absolute Gasteiger partial charge is 0.396 e. The standard InChI is InChI=1S/C16H19F3N2O3/c17-16(18,19)12-2-1-5-21(15(12)24)7-13(23)20-14-10-4-3-9(6-10)11(14)8-22/h1-2,5,9-11,14,22H,3-4,6-8H2,(H,20,23). The van der Waals surface area contributed by atoms with E-state index in [9.17, 15) is 27.9 Å². The van der Waals surface area contributed by atoms with Crippen LogP contribution in [0.1, 0.15) is 24.8 Å². The molecule has 0 spiro atoms. The first-order valence-electron chi connectivity index (χ1n) is 7.98. The number of fused-ring (bicyclic) bond motifs is 2. The molecule has 4 unspecified atom stereocenters. The molecule has 1 heterocycles. The van der Waals surface area contributed by atoms with Gasteiger partial charge >= 0.3 is 6.18 Å². The molecule has 0 saturated heterocycles. The minimum Gasteiger partial charge on any atom is -0.396 e. The van der Waals surface area contributed by atoms with Crippen LogP contribution in [0.15, 0.2) is 23.1 Å². The Morgan fingerprint density at radius 2 is 2.04 bits per heavy atom. The predicted molar refractivity (Wildman–Crippen MR) is 79.0 cm³/mol. The van der Waals surface area contributed by atoms with E-state index in [1.807, 2.05) is 0 Å². The molecule has 132 valence electrons. The monoisotopic (exact) mass is 344 g/mol. The van der Waals surface area contributed by atoms with Crippen LogP contribution in [0.3, 0.4) is 0 Å². The molecule has 4 atom stereocenters. The van der Waals surface area contributed by atoms with E-state index in [2.05, 4.69) is 5.32 Å². The molecule has 8 heteroatoms. The summed E-state index contributed by atoms with van der Waals surface area (Å²) in [5, 5.41) is 12.3. The summed E-state index contributed by atoms with van der Waals surface area (Å²) in [7, 11) is 0. The Morgan fingerprint density at radius 1 is 1.33 bits per heavy atom. The number of rotatable bonds is 4. The van der Waals surface area contributed by atoms with Crippen LogP contribution in [-0.2, 0) is 17.5 Å². The van der Waals surface area contributed by atoms with Gasteiger partial charge in [0.05, 0.1) is 0 Å². The van der Waals surface area contributed by atoms with Crippen molar-refractivity contribution < 1.29 is 23.1 Å². The van der Waals surface area contributed by atoms with E-state index in [0.717, 1.165) is 29.9 Å². The van der Waals surface area contributed by atoms with Gasteiger partial charge in [0, 0.05) is 24.8 Å². The Kier molecular flexibility index (Phi) is 4.42. The first-order chi connectivity index (χ1) is 11.3. The number of aromatic nitrogens is 1. The molecule has 0 aromatic carbocycles. The number of aliphatic hydroxyl groups is 1. The van der Waals surface area contributed by atoms with Gasteiger partial charge in [-0.15, -0.1) is 0 Å². The summed E-state index contributed by atoms with van der Waals surface area (Å²) < 4.78 is 39.0. The van der Waals surface area contributed by atoms with Crippen LogP contribution in [0.25, 0.3) is 0 Å². The molecule has 2 N–H and O–H groups in total. The Hall–Kier alpha value is -1.83. The molecule has 1 aromatic rings. The van der Waals surface area contributed by atoms with E-state index in [0.29, 0.717) is 17.9 Å². The average Bonchev–Trinajstić information content (AvgIpc) is 3.09. The van der Waals surface area contributed by atoms with Gasteiger partial charge < -0.3 is 15.0 Å². The highest BCUT2D eigenvalue weighted by molar-refractivity contribution is 5.76.